The van der Waals surface area contributed by atoms with Crippen LogP contribution in [-0.2, 0) is 4.79 Å². The number of carbonyl (C=O) groups excluding carboxylic acids is 1. The van der Waals surface area contributed by atoms with Gasteiger partial charge in [-0.2, -0.15) is 5.10 Å². The lowest BCUT2D eigenvalue weighted by molar-refractivity contribution is -0.130. The molecule has 1 aromatic carbocycles. The number of nitrogens with zero attached hydrogens (tertiary/aromatic N) is 5. The smallest absolute Gasteiger partial charge is 0.277 e. The van der Waals surface area contributed by atoms with Gasteiger partial charge in [-0.15, -0.1) is 21.5 Å². The lowest BCUT2D eigenvalue weighted by Crippen LogP contribution is -2.28. The maximum absolute atomic E-state index is 13.2. The van der Waals surface area contributed by atoms with Crippen molar-refractivity contribution in [3.63, 3.8) is 0 Å². The van der Waals surface area contributed by atoms with Gasteiger partial charge < -0.3 is 9.15 Å². The van der Waals surface area contributed by atoms with E-state index in [0.717, 1.165) is 27.5 Å². The third-order valence-electron chi connectivity index (χ3n) is 5.12. The monoisotopic (exact) mass is 477 g/mol. The lowest BCUT2D eigenvalue weighted by atomic mass is 10.0. The molecule has 10 heteroatoms. The van der Waals surface area contributed by atoms with Crippen LogP contribution in [0.15, 0.2) is 81.0 Å². The van der Waals surface area contributed by atoms with Gasteiger partial charge in [0.05, 0.1) is 29.5 Å². The van der Waals surface area contributed by atoms with Crippen molar-refractivity contribution in [1.29, 1.82) is 0 Å². The third-order valence-corrected chi connectivity index (χ3v) is 6.85. The average molecular weight is 478 g/mol. The highest BCUT2D eigenvalue weighted by Crippen LogP contribution is 2.35. The fraction of sp³-hybridized carbons (Fsp3) is 0.174. The van der Waals surface area contributed by atoms with Crippen molar-refractivity contribution >= 4 is 34.7 Å². The number of hydrazone groups is 1. The van der Waals surface area contributed by atoms with Gasteiger partial charge in [0.15, 0.2) is 0 Å². The van der Waals surface area contributed by atoms with Crippen molar-refractivity contribution in [2.45, 2.75) is 17.7 Å². The Balaban J connectivity index is 1.33. The molecule has 1 atom stereocenters. The molecule has 33 heavy (non-hydrogen) atoms. The van der Waals surface area contributed by atoms with Crippen molar-refractivity contribution in [3.05, 3.63) is 76.7 Å². The van der Waals surface area contributed by atoms with Crippen LogP contribution in [0.5, 0.6) is 5.75 Å². The molecule has 0 radical (unpaired) electrons. The fourth-order valence-corrected chi connectivity index (χ4v) is 4.82. The van der Waals surface area contributed by atoms with Crippen LogP contribution in [0.1, 0.15) is 22.9 Å². The highest BCUT2D eigenvalue weighted by Gasteiger charge is 2.33. The van der Waals surface area contributed by atoms with Gasteiger partial charge in [-0.05, 0) is 41.3 Å². The molecule has 1 amide bonds. The molecule has 1 aliphatic heterocycles. The second-order valence-electron chi connectivity index (χ2n) is 7.15. The first-order valence-corrected chi connectivity index (χ1v) is 12.0. The van der Waals surface area contributed by atoms with Gasteiger partial charge in [-0.1, -0.05) is 30.0 Å². The summed E-state index contributed by atoms with van der Waals surface area (Å²) >= 11 is 2.82. The first-order chi connectivity index (χ1) is 16.2. The topological polar surface area (TPSA) is 93.7 Å². The van der Waals surface area contributed by atoms with E-state index in [0.29, 0.717) is 17.5 Å². The quantitative estimate of drug-likeness (QED) is 0.357. The molecule has 0 spiro atoms. The SMILES string of the molecule is COc1ccc([C@H]2CC(c3cccs3)=NN2C(=O)CSc2nnc(-c3ccncc3)o2)cc1. The Labute approximate surface area is 198 Å². The van der Waals surface area contributed by atoms with E-state index in [1.165, 1.54) is 11.8 Å². The molecule has 0 unspecified atom stereocenters. The predicted octanol–water partition coefficient (Wildman–Crippen LogP) is 4.67. The normalized spacial score (nSPS) is 15.5. The number of ether oxygens (including phenoxy) is 1. The molecule has 3 aromatic heterocycles. The lowest BCUT2D eigenvalue weighted by Gasteiger charge is -2.22. The molecule has 5 rings (SSSR count). The van der Waals surface area contributed by atoms with Gasteiger partial charge in [0.25, 0.3) is 11.1 Å². The summed E-state index contributed by atoms with van der Waals surface area (Å²) in [5, 5.41) is 16.7. The summed E-state index contributed by atoms with van der Waals surface area (Å²) in [4.78, 5) is 18.2. The predicted molar refractivity (Wildman–Crippen MR) is 126 cm³/mol. The zero-order valence-corrected chi connectivity index (χ0v) is 19.3. The summed E-state index contributed by atoms with van der Waals surface area (Å²) in [6.45, 7) is 0. The molecule has 0 fully saturated rings. The number of thioether (sulfide) groups is 1. The molecule has 4 heterocycles. The molecular formula is C23H19N5O3S2. The van der Waals surface area contributed by atoms with Gasteiger partial charge in [0.2, 0.25) is 5.89 Å². The Hall–Kier alpha value is -3.50. The van der Waals surface area contributed by atoms with Crippen LogP contribution in [0, 0.1) is 0 Å². The van der Waals surface area contributed by atoms with Crippen LogP contribution >= 0.6 is 23.1 Å². The standard InChI is InChI=1S/C23H19N5O3S2/c1-30-17-6-4-15(5-7-17)19-13-18(20-3-2-12-32-20)27-28(19)21(29)14-33-23-26-25-22(31-23)16-8-10-24-11-9-16/h2-12,19H,13-14H2,1H3/t19-/m1/s1. The Morgan fingerprint density at radius 1 is 1.18 bits per heavy atom. The first kappa shape index (κ1) is 21.4. The Bertz CT molecular complexity index is 1260. The first-order valence-electron chi connectivity index (χ1n) is 10.2. The largest absolute Gasteiger partial charge is 0.497 e. The van der Waals surface area contributed by atoms with Crippen molar-refractivity contribution in [1.82, 2.24) is 20.2 Å². The van der Waals surface area contributed by atoms with Crippen LogP contribution in [0.25, 0.3) is 11.5 Å². The van der Waals surface area contributed by atoms with Crippen molar-refractivity contribution < 1.29 is 13.9 Å². The van der Waals surface area contributed by atoms with Crippen LogP contribution < -0.4 is 4.74 Å². The number of carbonyl (C=O) groups is 1. The van der Waals surface area contributed by atoms with Gasteiger partial charge >= 0.3 is 0 Å². The molecular weight excluding hydrogens is 458 g/mol. The fourth-order valence-electron chi connectivity index (χ4n) is 3.49. The number of pyridine rings is 1. The van der Waals surface area contributed by atoms with E-state index in [4.69, 9.17) is 9.15 Å². The van der Waals surface area contributed by atoms with Gasteiger partial charge in [0, 0.05) is 24.4 Å². The molecule has 1 aliphatic rings. The molecule has 0 N–H and O–H groups in total. The Morgan fingerprint density at radius 2 is 2.00 bits per heavy atom. The molecule has 0 saturated carbocycles. The summed E-state index contributed by atoms with van der Waals surface area (Å²) in [6, 6.07) is 15.2. The highest BCUT2D eigenvalue weighted by molar-refractivity contribution is 7.99. The zero-order chi connectivity index (χ0) is 22.6. The minimum absolute atomic E-state index is 0.129. The number of benzene rings is 1. The van der Waals surface area contributed by atoms with Crippen molar-refractivity contribution in [3.8, 4) is 17.2 Å². The van der Waals surface area contributed by atoms with Gasteiger partial charge in [-0.25, -0.2) is 5.01 Å². The third kappa shape index (κ3) is 4.67. The molecule has 0 saturated heterocycles. The van der Waals surface area contributed by atoms with Crippen molar-refractivity contribution in [2.75, 3.05) is 12.9 Å². The second-order valence-corrected chi connectivity index (χ2v) is 9.03. The van der Waals surface area contributed by atoms with Crippen LogP contribution in [0.2, 0.25) is 0 Å². The van der Waals surface area contributed by atoms with Crippen LogP contribution in [0.4, 0.5) is 0 Å². The number of rotatable bonds is 7. The van der Waals surface area contributed by atoms with Gasteiger partial charge in [0.1, 0.15) is 5.75 Å². The molecule has 8 nitrogen and oxygen atoms in total. The molecule has 4 aromatic rings. The summed E-state index contributed by atoms with van der Waals surface area (Å²) < 4.78 is 11.0. The van der Waals surface area contributed by atoms with Crippen LogP contribution in [0.3, 0.4) is 0 Å². The molecule has 0 bridgehead atoms. The van der Waals surface area contributed by atoms with E-state index >= 15 is 0 Å². The van der Waals surface area contributed by atoms with Crippen LogP contribution in [-0.4, -0.2) is 44.7 Å². The van der Waals surface area contributed by atoms with Gasteiger partial charge in [-0.3, -0.25) is 9.78 Å². The highest BCUT2D eigenvalue weighted by atomic mass is 32.2. The number of aromatic nitrogens is 3. The summed E-state index contributed by atoms with van der Waals surface area (Å²) in [7, 11) is 1.63. The number of methoxy groups -OCH3 is 1. The Morgan fingerprint density at radius 3 is 2.73 bits per heavy atom. The minimum Gasteiger partial charge on any atom is -0.497 e. The number of thiophene rings is 1. The second kappa shape index (κ2) is 9.55. The van der Waals surface area contributed by atoms with E-state index in [9.17, 15) is 4.79 Å². The summed E-state index contributed by atoms with van der Waals surface area (Å²) in [6.07, 6.45) is 3.97. The average Bonchev–Trinajstić information content (AvgIpc) is 3.64. The Kier molecular flexibility index (Phi) is 6.18. The number of amides is 1. The summed E-state index contributed by atoms with van der Waals surface area (Å²) in [5.41, 5.74) is 2.68. The van der Waals surface area contributed by atoms with E-state index in [-0.39, 0.29) is 17.7 Å². The van der Waals surface area contributed by atoms with E-state index in [2.05, 4.69) is 20.3 Å². The number of hydrogen-bond acceptors (Lipinski definition) is 9. The van der Waals surface area contributed by atoms with E-state index in [1.54, 1.807) is 48.0 Å². The zero-order valence-electron chi connectivity index (χ0n) is 17.6. The number of hydrogen-bond donors (Lipinski definition) is 0. The molecule has 166 valence electrons. The summed E-state index contributed by atoms with van der Waals surface area (Å²) in [5.74, 6) is 1.16. The molecule has 0 aliphatic carbocycles. The maximum Gasteiger partial charge on any atom is 0.277 e. The maximum atomic E-state index is 13.2. The van der Waals surface area contributed by atoms with Crippen molar-refractivity contribution in [2.24, 2.45) is 5.10 Å². The van der Waals surface area contributed by atoms with E-state index < -0.39 is 0 Å². The van der Waals surface area contributed by atoms with E-state index in [1.807, 2.05) is 41.8 Å². The minimum atomic E-state index is -0.184.